The zero-order valence-electron chi connectivity index (χ0n) is 10.7. The second kappa shape index (κ2) is 6.28. The number of nitrogens with one attached hydrogen (secondary N) is 1. The van der Waals surface area contributed by atoms with Gasteiger partial charge in [-0.2, -0.15) is 13.2 Å². The van der Waals surface area contributed by atoms with Crippen LogP contribution in [0.4, 0.5) is 13.2 Å². The first kappa shape index (κ1) is 14.2. The lowest BCUT2D eigenvalue weighted by atomic mass is 9.97. The monoisotopic (exact) mass is 273 g/mol. The van der Waals surface area contributed by atoms with Gasteiger partial charge in [-0.25, -0.2) is 0 Å². The third-order valence-electron chi connectivity index (χ3n) is 3.36. The SMILES string of the molecule is FC(F)(F)c1cccc(OCC[C@H]2CCCNC2)c1. The van der Waals surface area contributed by atoms with Crippen LogP contribution in [0.25, 0.3) is 0 Å². The molecule has 0 saturated carbocycles. The highest BCUT2D eigenvalue weighted by Gasteiger charge is 2.30. The summed E-state index contributed by atoms with van der Waals surface area (Å²) in [5.41, 5.74) is -0.663. The van der Waals surface area contributed by atoms with E-state index in [0.29, 0.717) is 18.3 Å². The quantitative estimate of drug-likeness (QED) is 0.907. The first-order valence-electron chi connectivity index (χ1n) is 6.56. The van der Waals surface area contributed by atoms with E-state index in [-0.39, 0.29) is 0 Å². The smallest absolute Gasteiger partial charge is 0.416 e. The Morgan fingerprint density at radius 2 is 2.16 bits per heavy atom. The first-order chi connectivity index (χ1) is 9.05. The van der Waals surface area contributed by atoms with E-state index in [9.17, 15) is 13.2 Å². The average molecular weight is 273 g/mol. The van der Waals surface area contributed by atoms with Crippen LogP contribution in [-0.2, 0) is 6.18 Å². The maximum Gasteiger partial charge on any atom is 0.416 e. The summed E-state index contributed by atoms with van der Waals surface area (Å²) in [4.78, 5) is 0. The minimum Gasteiger partial charge on any atom is -0.494 e. The topological polar surface area (TPSA) is 21.3 Å². The van der Waals surface area contributed by atoms with Gasteiger partial charge in [-0.15, -0.1) is 0 Å². The number of alkyl halides is 3. The van der Waals surface area contributed by atoms with Gasteiger partial charge >= 0.3 is 6.18 Å². The molecule has 0 unspecified atom stereocenters. The number of hydrogen-bond donors (Lipinski definition) is 1. The lowest BCUT2D eigenvalue weighted by Gasteiger charge is -2.22. The fraction of sp³-hybridized carbons (Fsp3) is 0.571. The average Bonchev–Trinajstić information content (AvgIpc) is 2.39. The Bertz CT molecular complexity index is 400. The maximum atomic E-state index is 12.5. The molecule has 1 aromatic carbocycles. The summed E-state index contributed by atoms with van der Waals surface area (Å²) < 4.78 is 43.0. The second-order valence-electron chi connectivity index (χ2n) is 4.88. The van der Waals surface area contributed by atoms with E-state index in [1.165, 1.54) is 12.5 Å². The van der Waals surface area contributed by atoms with Crippen molar-refractivity contribution in [1.29, 1.82) is 0 Å². The minimum atomic E-state index is -4.31. The van der Waals surface area contributed by atoms with E-state index in [4.69, 9.17) is 4.74 Å². The van der Waals surface area contributed by atoms with Crippen molar-refractivity contribution >= 4 is 0 Å². The van der Waals surface area contributed by atoms with Gasteiger partial charge in [0.1, 0.15) is 5.75 Å². The molecule has 0 aromatic heterocycles. The number of halogens is 3. The van der Waals surface area contributed by atoms with E-state index in [2.05, 4.69) is 5.32 Å². The largest absolute Gasteiger partial charge is 0.494 e. The number of hydrogen-bond acceptors (Lipinski definition) is 2. The molecule has 1 aliphatic rings. The molecule has 0 aliphatic carbocycles. The third-order valence-corrected chi connectivity index (χ3v) is 3.36. The molecule has 106 valence electrons. The van der Waals surface area contributed by atoms with E-state index in [0.717, 1.165) is 38.1 Å². The van der Waals surface area contributed by atoms with Crippen molar-refractivity contribution in [3.05, 3.63) is 29.8 Å². The number of ether oxygens (including phenoxy) is 1. The van der Waals surface area contributed by atoms with Crippen molar-refractivity contribution in [1.82, 2.24) is 5.32 Å². The van der Waals surface area contributed by atoms with Gasteiger partial charge in [0.2, 0.25) is 0 Å². The van der Waals surface area contributed by atoms with Gasteiger partial charge in [0, 0.05) is 0 Å². The van der Waals surface area contributed by atoms with Crippen molar-refractivity contribution in [2.45, 2.75) is 25.4 Å². The third kappa shape index (κ3) is 4.42. The van der Waals surface area contributed by atoms with Gasteiger partial charge < -0.3 is 10.1 Å². The zero-order valence-corrected chi connectivity index (χ0v) is 10.7. The van der Waals surface area contributed by atoms with Crippen LogP contribution in [0.5, 0.6) is 5.75 Å². The molecule has 0 bridgehead atoms. The van der Waals surface area contributed by atoms with Crippen LogP contribution < -0.4 is 10.1 Å². The number of benzene rings is 1. The lowest BCUT2D eigenvalue weighted by molar-refractivity contribution is -0.137. The molecule has 2 rings (SSSR count). The summed E-state index contributed by atoms with van der Waals surface area (Å²) in [5.74, 6) is 0.859. The van der Waals surface area contributed by atoms with Crippen molar-refractivity contribution < 1.29 is 17.9 Å². The van der Waals surface area contributed by atoms with Gasteiger partial charge in [-0.3, -0.25) is 0 Å². The molecule has 19 heavy (non-hydrogen) atoms. The molecular weight excluding hydrogens is 255 g/mol. The summed E-state index contributed by atoms with van der Waals surface area (Å²) in [6, 6.07) is 5.05. The van der Waals surface area contributed by atoms with E-state index < -0.39 is 11.7 Å². The highest BCUT2D eigenvalue weighted by atomic mass is 19.4. The molecule has 5 heteroatoms. The molecule has 1 aliphatic heterocycles. The molecule has 2 nitrogen and oxygen atoms in total. The van der Waals surface area contributed by atoms with Crippen molar-refractivity contribution in [3.8, 4) is 5.75 Å². The molecule has 1 saturated heterocycles. The Morgan fingerprint density at radius 1 is 1.32 bits per heavy atom. The molecular formula is C14H18F3NO. The lowest BCUT2D eigenvalue weighted by Crippen LogP contribution is -2.30. The van der Waals surface area contributed by atoms with Crippen LogP contribution in [0.1, 0.15) is 24.8 Å². The van der Waals surface area contributed by atoms with Gasteiger partial charge in [-0.05, 0) is 56.5 Å². The summed E-state index contributed by atoms with van der Waals surface area (Å²) in [5, 5.41) is 3.31. The molecule has 0 spiro atoms. The first-order valence-corrected chi connectivity index (χ1v) is 6.56. The normalized spacial score (nSPS) is 20.3. The molecule has 1 N–H and O–H groups in total. The Morgan fingerprint density at radius 3 is 2.84 bits per heavy atom. The number of rotatable bonds is 4. The standard InChI is InChI=1S/C14H18F3NO/c15-14(16,17)12-4-1-5-13(9-12)19-8-6-11-3-2-7-18-10-11/h1,4-5,9,11,18H,2-3,6-8,10H2/t11-/m1/s1. The van der Waals surface area contributed by atoms with Crippen LogP contribution in [0.2, 0.25) is 0 Å². The predicted molar refractivity (Wildman–Crippen MR) is 67.1 cm³/mol. The van der Waals surface area contributed by atoms with Gasteiger partial charge in [-0.1, -0.05) is 6.07 Å². The fourth-order valence-corrected chi connectivity index (χ4v) is 2.28. The van der Waals surface area contributed by atoms with Crippen LogP contribution in [0, 0.1) is 5.92 Å². The summed E-state index contributed by atoms with van der Waals surface area (Å²) >= 11 is 0. The molecule has 1 aromatic rings. The summed E-state index contributed by atoms with van der Waals surface area (Å²) in [7, 11) is 0. The van der Waals surface area contributed by atoms with Gasteiger partial charge in [0.25, 0.3) is 0 Å². The van der Waals surface area contributed by atoms with Crippen LogP contribution in [0.15, 0.2) is 24.3 Å². The molecule has 1 fully saturated rings. The summed E-state index contributed by atoms with van der Waals surface area (Å²) in [6.45, 7) is 2.50. The van der Waals surface area contributed by atoms with E-state index in [1.807, 2.05) is 0 Å². The maximum absolute atomic E-state index is 12.5. The van der Waals surface area contributed by atoms with Crippen molar-refractivity contribution in [2.75, 3.05) is 19.7 Å². The Kier molecular flexibility index (Phi) is 4.69. The Balaban J connectivity index is 1.82. The van der Waals surface area contributed by atoms with Crippen molar-refractivity contribution in [3.63, 3.8) is 0 Å². The van der Waals surface area contributed by atoms with E-state index in [1.54, 1.807) is 6.07 Å². The van der Waals surface area contributed by atoms with Gasteiger partial charge in [0.15, 0.2) is 0 Å². The molecule has 1 atom stereocenters. The second-order valence-corrected chi connectivity index (χ2v) is 4.88. The van der Waals surface area contributed by atoms with Crippen LogP contribution in [-0.4, -0.2) is 19.7 Å². The van der Waals surface area contributed by atoms with Crippen molar-refractivity contribution in [2.24, 2.45) is 5.92 Å². The number of piperidine rings is 1. The van der Waals surface area contributed by atoms with Gasteiger partial charge in [0.05, 0.1) is 12.2 Å². The predicted octanol–water partition coefficient (Wildman–Crippen LogP) is 3.47. The highest BCUT2D eigenvalue weighted by Crippen LogP contribution is 2.31. The zero-order chi connectivity index (χ0) is 13.7. The molecule has 1 heterocycles. The Hall–Kier alpha value is -1.23. The fourth-order valence-electron chi connectivity index (χ4n) is 2.28. The minimum absolute atomic E-state index is 0.290. The molecule has 0 amide bonds. The van der Waals surface area contributed by atoms with Crippen LogP contribution >= 0.6 is 0 Å². The van der Waals surface area contributed by atoms with E-state index >= 15 is 0 Å². The molecule has 0 radical (unpaired) electrons. The highest BCUT2D eigenvalue weighted by molar-refractivity contribution is 5.30. The summed E-state index contributed by atoms with van der Waals surface area (Å²) in [6.07, 6.45) is -1.11. The van der Waals surface area contributed by atoms with Crippen LogP contribution in [0.3, 0.4) is 0 Å². The Labute approximate surface area is 111 Å².